The van der Waals surface area contributed by atoms with Gasteiger partial charge in [-0.2, -0.15) is 5.10 Å². The Morgan fingerprint density at radius 2 is 2.15 bits per heavy atom. The Hall–Kier alpha value is -3.76. The summed E-state index contributed by atoms with van der Waals surface area (Å²) < 4.78 is 13.9. The van der Waals surface area contributed by atoms with Gasteiger partial charge in [-0.05, 0) is 24.2 Å². The quantitative estimate of drug-likeness (QED) is 0.520. The van der Waals surface area contributed by atoms with Crippen LogP contribution in [0.4, 0.5) is 0 Å². The van der Waals surface area contributed by atoms with E-state index in [0.717, 1.165) is 17.2 Å². The van der Waals surface area contributed by atoms with Gasteiger partial charge >= 0.3 is 0 Å². The minimum absolute atomic E-state index is 0.250. The first-order chi connectivity index (χ1) is 12.7. The summed E-state index contributed by atoms with van der Waals surface area (Å²) in [6.45, 7) is 2.55. The van der Waals surface area contributed by atoms with Crippen molar-refractivity contribution in [2.75, 3.05) is 6.61 Å². The molecule has 0 atom stereocenters. The highest BCUT2D eigenvalue weighted by Gasteiger charge is 2.12. The fraction of sp³-hybridized carbons (Fsp3) is 0.200. The summed E-state index contributed by atoms with van der Waals surface area (Å²) in [7, 11) is 0. The number of rotatable bonds is 5. The third kappa shape index (κ3) is 3.50. The van der Waals surface area contributed by atoms with Crippen LogP contribution in [0.15, 0.2) is 41.5 Å². The highest BCUT2D eigenvalue weighted by Crippen LogP contribution is 2.18. The number of nitrogens with zero attached hydrogens (tertiary/aromatic N) is 7. The average molecular weight is 357 g/mol. The molecule has 0 fully saturated rings. The molecule has 0 aliphatic heterocycles. The van der Waals surface area contributed by atoms with Crippen LogP contribution in [0.25, 0.3) is 17.2 Å². The first-order valence-electron chi connectivity index (χ1n) is 7.54. The van der Waals surface area contributed by atoms with Gasteiger partial charge in [0.2, 0.25) is 0 Å². The van der Waals surface area contributed by atoms with Gasteiger partial charge in [0, 0.05) is 12.4 Å². The molecule has 0 aliphatic rings. The minimum Gasteiger partial charge on any atom is -0.483 e. The number of carboxylic acid groups (broad SMARTS) is 1. The van der Waals surface area contributed by atoms with Gasteiger partial charge in [0.15, 0.2) is 11.5 Å². The summed E-state index contributed by atoms with van der Waals surface area (Å²) in [5.41, 5.74) is 2.27. The molecule has 0 radical (unpaired) electrons. The summed E-state index contributed by atoms with van der Waals surface area (Å²) >= 11 is 0. The van der Waals surface area contributed by atoms with Crippen molar-refractivity contribution in [1.29, 1.82) is 0 Å². The second kappa shape index (κ2) is 7.88. The molecule has 0 bridgehead atoms. The SMILES string of the molecule is Cc1nonc1OCCn1ccnc1-c1cccc2ncnn12.O=CO. The van der Waals surface area contributed by atoms with E-state index in [0.29, 0.717) is 24.7 Å². The molecule has 0 amide bonds. The van der Waals surface area contributed by atoms with Crippen molar-refractivity contribution in [1.82, 2.24) is 34.5 Å². The maximum absolute atomic E-state index is 8.36. The number of carbonyl (C=O) groups is 1. The Bertz CT molecular complexity index is 991. The van der Waals surface area contributed by atoms with Crippen molar-refractivity contribution in [2.24, 2.45) is 0 Å². The van der Waals surface area contributed by atoms with Crippen LogP contribution in [0.2, 0.25) is 0 Å². The van der Waals surface area contributed by atoms with Crippen molar-refractivity contribution in [3.63, 3.8) is 0 Å². The van der Waals surface area contributed by atoms with Gasteiger partial charge in [0.25, 0.3) is 12.4 Å². The lowest BCUT2D eigenvalue weighted by molar-refractivity contribution is -0.122. The molecule has 11 heteroatoms. The van der Waals surface area contributed by atoms with Gasteiger partial charge < -0.3 is 14.4 Å². The lowest BCUT2D eigenvalue weighted by Gasteiger charge is -2.09. The molecule has 134 valence electrons. The van der Waals surface area contributed by atoms with E-state index in [1.807, 2.05) is 29.0 Å². The van der Waals surface area contributed by atoms with Crippen molar-refractivity contribution in [3.05, 3.63) is 42.6 Å². The summed E-state index contributed by atoms with van der Waals surface area (Å²) in [5, 5.41) is 18.5. The maximum Gasteiger partial charge on any atom is 0.290 e. The number of fused-ring (bicyclic) bond motifs is 1. The number of hydrogen-bond acceptors (Lipinski definition) is 8. The molecule has 0 unspecified atom stereocenters. The fourth-order valence-electron chi connectivity index (χ4n) is 2.33. The van der Waals surface area contributed by atoms with E-state index < -0.39 is 0 Å². The van der Waals surface area contributed by atoms with Crippen LogP contribution in [-0.4, -0.2) is 52.6 Å². The summed E-state index contributed by atoms with van der Waals surface area (Å²) in [6.07, 6.45) is 5.16. The summed E-state index contributed by atoms with van der Waals surface area (Å²) in [6, 6.07) is 5.78. The lowest BCUT2D eigenvalue weighted by Crippen LogP contribution is -2.10. The van der Waals surface area contributed by atoms with Crippen molar-refractivity contribution in [3.8, 4) is 17.4 Å². The molecule has 0 aliphatic carbocycles. The van der Waals surface area contributed by atoms with E-state index in [1.54, 1.807) is 17.6 Å². The Labute approximate surface area is 146 Å². The van der Waals surface area contributed by atoms with Crippen molar-refractivity contribution < 1.29 is 19.3 Å². The molecule has 0 saturated carbocycles. The summed E-state index contributed by atoms with van der Waals surface area (Å²) in [4.78, 5) is 17.0. The number of pyridine rings is 1. The zero-order valence-electron chi connectivity index (χ0n) is 13.8. The molecule has 26 heavy (non-hydrogen) atoms. The number of aromatic nitrogens is 7. The van der Waals surface area contributed by atoms with Crippen LogP contribution in [0, 0.1) is 6.92 Å². The van der Waals surface area contributed by atoms with E-state index >= 15 is 0 Å². The molecule has 11 nitrogen and oxygen atoms in total. The van der Waals surface area contributed by atoms with Gasteiger partial charge in [-0.3, -0.25) is 4.79 Å². The predicted octanol–water partition coefficient (Wildman–Crippen LogP) is 1.06. The van der Waals surface area contributed by atoms with Crippen LogP contribution < -0.4 is 4.74 Å². The highest BCUT2D eigenvalue weighted by atomic mass is 16.6. The Balaban J connectivity index is 0.000000613. The molecule has 4 aromatic rings. The highest BCUT2D eigenvalue weighted by molar-refractivity contribution is 5.56. The van der Waals surface area contributed by atoms with E-state index in [1.165, 1.54) is 6.33 Å². The van der Waals surface area contributed by atoms with E-state index in [4.69, 9.17) is 14.6 Å². The van der Waals surface area contributed by atoms with Crippen LogP contribution >= 0.6 is 0 Å². The smallest absolute Gasteiger partial charge is 0.290 e. The largest absolute Gasteiger partial charge is 0.483 e. The van der Waals surface area contributed by atoms with Gasteiger partial charge in [-0.25, -0.2) is 19.1 Å². The minimum atomic E-state index is -0.250. The third-order valence-corrected chi connectivity index (χ3v) is 3.43. The van der Waals surface area contributed by atoms with Crippen LogP contribution in [-0.2, 0) is 11.3 Å². The van der Waals surface area contributed by atoms with E-state index in [2.05, 4.69) is 30.0 Å². The molecular weight excluding hydrogens is 342 g/mol. The van der Waals surface area contributed by atoms with Crippen LogP contribution in [0.1, 0.15) is 5.69 Å². The standard InChI is InChI=1S/C14H13N7O2.CH2O2/c1-10-14(19-23-18-10)22-8-7-20-6-5-15-13(20)11-3-2-4-12-16-9-17-21(11)12;2-1-3/h2-6,9H,7-8H2,1H3;1H,(H,2,3). The third-order valence-electron chi connectivity index (χ3n) is 3.43. The molecular formula is C15H15N7O4. The molecule has 1 N–H and O–H groups in total. The number of imidazole rings is 1. The second-order valence-corrected chi connectivity index (χ2v) is 4.99. The average Bonchev–Trinajstić information content (AvgIpc) is 3.36. The zero-order chi connectivity index (χ0) is 18.4. The molecule has 0 spiro atoms. The predicted molar refractivity (Wildman–Crippen MR) is 87.4 cm³/mol. The number of aryl methyl sites for hydroxylation is 1. The number of hydrogen-bond donors (Lipinski definition) is 1. The molecule has 0 saturated heterocycles. The van der Waals surface area contributed by atoms with Gasteiger partial charge in [0.05, 0.1) is 6.54 Å². The summed E-state index contributed by atoms with van der Waals surface area (Å²) in [5.74, 6) is 1.20. The topological polar surface area (TPSA) is 133 Å². The maximum atomic E-state index is 8.36. The molecule has 4 rings (SSSR count). The Morgan fingerprint density at radius 3 is 2.92 bits per heavy atom. The number of ether oxygens (including phenoxy) is 1. The molecule has 4 aromatic heterocycles. The van der Waals surface area contributed by atoms with Crippen molar-refractivity contribution >= 4 is 12.1 Å². The van der Waals surface area contributed by atoms with Gasteiger partial charge in [-0.1, -0.05) is 11.2 Å². The zero-order valence-corrected chi connectivity index (χ0v) is 13.8. The first kappa shape index (κ1) is 17.1. The van der Waals surface area contributed by atoms with Gasteiger partial charge in [-0.15, -0.1) is 0 Å². The first-order valence-corrected chi connectivity index (χ1v) is 7.54. The van der Waals surface area contributed by atoms with Crippen LogP contribution in [0.3, 0.4) is 0 Å². The fourth-order valence-corrected chi connectivity index (χ4v) is 2.33. The normalized spacial score (nSPS) is 10.3. The Morgan fingerprint density at radius 1 is 1.31 bits per heavy atom. The monoisotopic (exact) mass is 357 g/mol. The van der Waals surface area contributed by atoms with Gasteiger partial charge in [0.1, 0.15) is 24.3 Å². The molecule has 0 aromatic carbocycles. The van der Waals surface area contributed by atoms with Crippen molar-refractivity contribution in [2.45, 2.75) is 13.5 Å². The second-order valence-electron chi connectivity index (χ2n) is 4.99. The lowest BCUT2D eigenvalue weighted by atomic mass is 10.3. The van der Waals surface area contributed by atoms with Crippen LogP contribution in [0.5, 0.6) is 5.88 Å². The van der Waals surface area contributed by atoms with E-state index in [-0.39, 0.29) is 6.47 Å². The Kier molecular flexibility index (Phi) is 5.17. The molecule has 4 heterocycles. The van der Waals surface area contributed by atoms with E-state index in [9.17, 15) is 0 Å².